The van der Waals surface area contributed by atoms with Crippen LogP contribution < -0.4 is 9.47 Å². The highest BCUT2D eigenvalue weighted by molar-refractivity contribution is 9.10. The van der Waals surface area contributed by atoms with Gasteiger partial charge >= 0.3 is 6.01 Å². The fourth-order valence-corrected chi connectivity index (χ4v) is 2.28. The van der Waals surface area contributed by atoms with Crippen LogP contribution in [0.1, 0.15) is 19.9 Å². The molecule has 96 valence electrons. The summed E-state index contributed by atoms with van der Waals surface area (Å²) in [6.07, 6.45) is 1.73. The molecule has 0 bridgehead atoms. The number of hydrogen-bond acceptors (Lipinski definition) is 3. The number of rotatable bonds is 4. The molecule has 18 heavy (non-hydrogen) atoms. The summed E-state index contributed by atoms with van der Waals surface area (Å²) >= 11 is 3.45. The Hall–Kier alpha value is -1.49. The summed E-state index contributed by atoms with van der Waals surface area (Å²) in [5.74, 6) is 1.53. The van der Waals surface area contributed by atoms with Gasteiger partial charge in [-0.25, -0.2) is 4.98 Å². The molecule has 5 heteroatoms. The Balaban J connectivity index is 2.23. The van der Waals surface area contributed by atoms with Crippen LogP contribution in [0.4, 0.5) is 0 Å². The van der Waals surface area contributed by atoms with Crippen LogP contribution in [0.15, 0.2) is 35.1 Å². The van der Waals surface area contributed by atoms with Crippen molar-refractivity contribution >= 4 is 15.9 Å². The van der Waals surface area contributed by atoms with Crippen LogP contribution in [-0.4, -0.2) is 16.7 Å². The number of nitrogens with zero attached hydrogens (tertiary/aromatic N) is 2. The first-order valence-electron chi connectivity index (χ1n) is 5.66. The van der Waals surface area contributed by atoms with E-state index >= 15 is 0 Å². The van der Waals surface area contributed by atoms with Gasteiger partial charge in [-0.1, -0.05) is 0 Å². The molecule has 1 heterocycles. The van der Waals surface area contributed by atoms with Gasteiger partial charge in [0.15, 0.2) is 0 Å². The highest BCUT2D eigenvalue weighted by Gasteiger charge is 2.12. The molecule has 0 saturated carbocycles. The van der Waals surface area contributed by atoms with Crippen molar-refractivity contribution in [3.8, 4) is 17.5 Å². The molecule has 0 aliphatic rings. The van der Waals surface area contributed by atoms with Gasteiger partial charge in [0.25, 0.3) is 0 Å². The average Bonchev–Trinajstić information content (AvgIpc) is 2.71. The summed E-state index contributed by atoms with van der Waals surface area (Å²) in [7, 11) is 1.64. The largest absolute Gasteiger partial charge is 0.497 e. The first-order chi connectivity index (χ1) is 8.61. The molecule has 0 spiro atoms. The lowest BCUT2D eigenvalue weighted by atomic mass is 10.3. The molecule has 0 aliphatic heterocycles. The molecule has 0 unspecified atom stereocenters. The molecular weight excluding hydrogens is 296 g/mol. The Bertz CT molecular complexity index is 520. The van der Waals surface area contributed by atoms with Gasteiger partial charge in [-0.05, 0) is 54.0 Å². The smallest absolute Gasteiger partial charge is 0.302 e. The third-order valence-corrected chi connectivity index (χ3v) is 3.09. The highest BCUT2D eigenvalue weighted by Crippen LogP contribution is 2.28. The summed E-state index contributed by atoms with van der Waals surface area (Å²) in [6, 6.07) is 8.26. The second-order valence-corrected chi connectivity index (χ2v) is 4.92. The molecule has 1 aromatic carbocycles. The van der Waals surface area contributed by atoms with E-state index in [2.05, 4.69) is 34.8 Å². The third kappa shape index (κ3) is 2.67. The molecular formula is C13H15BrN2O2. The first kappa shape index (κ1) is 13.0. The topological polar surface area (TPSA) is 36.3 Å². The Labute approximate surface area is 115 Å². The predicted molar refractivity (Wildman–Crippen MR) is 73.4 cm³/mol. The van der Waals surface area contributed by atoms with Crippen molar-refractivity contribution in [3.05, 3.63) is 35.1 Å². The van der Waals surface area contributed by atoms with E-state index in [1.807, 2.05) is 28.8 Å². The number of benzene rings is 1. The standard InChI is InChI=1S/C13H15BrN2O2/c1-9(2)16-12(14)8-15-13(16)18-11-6-4-10(17-3)5-7-11/h4-9H,1-3H3. The van der Waals surface area contributed by atoms with E-state index in [-0.39, 0.29) is 6.04 Å². The van der Waals surface area contributed by atoms with Gasteiger partial charge < -0.3 is 9.47 Å². The van der Waals surface area contributed by atoms with Crippen molar-refractivity contribution in [3.63, 3.8) is 0 Å². The predicted octanol–water partition coefficient (Wildman–Crippen LogP) is 4.03. The van der Waals surface area contributed by atoms with Gasteiger partial charge in [-0.15, -0.1) is 0 Å². The van der Waals surface area contributed by atoms with Crippen molar-refractivity contribution in [2.24, 2.45) is 0 Å². The van der Waals surface area contributed by atoms with E-state index in [4.69, 9.17) is 9.47 Å². The van der Waals surface area contributed by atoms with Gasteiger partial charge in [0, 0.05) is 6.04 Å². The van der Waals surface area contributed by atoms with E-state index in [0.29, 0.717) is 6.01 Å². The summed E-state index contributed by atoms with van der Waals surface area (Å²) in [5.41, 5.74) is 0. The van der Waals surface area contributed by atoms with Gasteiger partial charge in [-0.2, -0.15) is 0 Å². The Morgan fingerprint density at radius 3 is 2.33 bits per heavy atom. The zero-order valence-corrected chi connectivity index (χ0v) is 12.1. The summed E-state index contributed by atoms with van der Waals surface area (Å²) < 4.78 is 13.7. The van der Waals surface area contributed by atoms with Crippen LogP contribution in [0.3, 0.4) is 0 Å². The maximum Gasteiger partial charge on any atom is 0.302 e. The molecule has 0 atom stereocenters. The quantitative estimate of drug-likeness (QED) is 0.855. The minimum absolute atomic E-state index is 0.273. The lowest BCUT2D eigenvalue weighted by molar-refractivity contribution is 0.389. The monoisotopic (exact) mass is 310 g/mol. The maximum atomic E-state index is 5.76. The Morgan fingerprint density at radius 2 is 1.78 bits per heavy atom. The zero-order chi connectivity index (χ0) is 13.1. The lowest BCUT2D eigenvalue weighted by Crippen LogP contribution is -2.03. The van der Waals surface area contributed by atoms with Crippen LogP contribution in [0.5, 0.6) is 17.5 Å². The van der Waals surface area contributed by atoms with E-state index in [9.17, 15) is 0 Å². The first-order valence-corrected chi connectivity index (χ1v) is 6.45. The molecule has 1 aromatic heterocycles. The van der Waals surface area contributed by atoms with Crippen LogP contribution in [0.25, 0.3) is 0 Å². The summed E-state index contributed by atoms with van der Waals surface area (Å²) in [4.78, 5) is 4.24. The van der Waals surface area contributed by atoms with E-state index in [0.717, 1.165) is 16.1 Å². The molecule has 0 amide bonds. The minimum atomic E-state index is 0.273. The minimum Gasteiger partial charge on any atom is -0.497 e. The Kier molecular flexibility index (Phi) is 3.91. The molecule has 0 fully saturated rings. The van der Waals surface area contributed by atoms with Crippen molar-refractivity contribution in [1.82, 2.24) is 9.55 Å². The number of halogens is 1. The average molecular weight is 311 g/mol. The van der Waals surface area contributed by atoms with Crippen molar-refractivity contribution in [2.45, 2.75) is 19.9 Å². The summed E-state index contributed by atoms with van der Waals surface area (Å²) in [5, 5.41) is 0. The van der Waals surface area contributed by atoms with E-state index in [1.54, 1.807) is 13.3 Å². The fraction of sp³-hybridized carbons (Fsp3) is 0.308. The number of methoxy groups -OCH3 is 1. The van der Waals surface area contributed by atoms with Crippen molar-refractivity contribution in [2.75, 3.05) is 7.11 Å². The number of hydrogen-bond donors (Lipinski definition) is 0. The van der Waals surface area contributed by atoms with Crippen LogP contribution >= 0.6 is 15.9 Å². The third-order valence-electron chi connectivity index (χ3n) is 2.50. The lowest BCUT2D eigenvalue weighted by Gasteiger charge is -2.13. The number of ether oxygens (including phenoxy) is 2. The SMILES string of the molecule is COc1ccc(Oc2ncc(Br)n2C(C)C)cc1. The number of imidazole rings is 1. The molecule has 0 saturated heterocycles. The zero-order valence-electron chi connectivity index (χ0n) is 10.6. The molecule has 0 N–H and O–H groups in total. The fourth-order valence-electron chi connectivity index (χ4n) is 1.62. The molecule has 0 aliphatic carbocycles. The summed E-state index contributed by atoms with van der Waals surface area (Å²) in [6.45, 7) is 4.15. The highest BCUT2D eigenvalue weighted by atomic mass is 79.9. The second kappa shape index (κ2) is 5.44. The van der Waals surface area contributed by atoms with Crippen LogP contribution in [0.2, 0.25) is 0 Å². The Morgan fingerprint density at radius 1 is 1.17 bits per heavy atom. The van der Waals surface area contributed by atoms with E-state index in [1.165, 1.54) is 0 Å². The van der Waals surface area contributed by atoms with Crippen molar-refractivity contribution in [1.29, 1.82) is 0 Å². The van der Waals surface area contributed by atoms with Gasteiger partial charge in [0.1, 0.15) is 16.1 Å². The van der Waals surface area contributed by atoms with Crippen molar-refractivity contribution < 1.29 is 9.47 Å². The molecule has 2 aromatic rings. The molecule has 0 radical (unpaired) electrons. The second-order valence-electron chi connectivity index (χ2n) is 4.10. The van der Waals surface area contributed by atoms with Crippen LogP contribution in [0, 0.1) is 0 Å². The van der Waals surface area contributed by atoms with Gasteiger partial charge in [0.05, 0.1) is 13.3 Å². The van der Waals surface area contributed by atoms with Crippen LogP contribution in [-0.2, 0) is 0 Å². The van der Waals surface area contributed by atoms with Gasteiger partial charge in [-0.3, -0.25) is 4.57 Å². The van der Waals surface area contributed by atoms with Gasteiger partial charge in [0.2, 0.25) is 0 Å². The molecule has 2 rings (SSSR count). The normalized spacial score (nSPS) is 10.7. The van der Waals surface area contributed by atoms with E-state index < -0.39 is 0 Å². The molecule has 4 nitrogen and oxygen atoms in total. The maximum absolute atomic E-state index is 5.76. The number of aromatic nitrogens is 2.